The van der Waals surface area contributed by atoms with Gasteiger partial charge in [-0.1, -0.05) is 18.2 Å². The summed E-state index contributed by atoms with van der Waals surface area (Å²) < 4.78 is 5.39. The first-order valence-corrected chi connectivity index (χ1v) is 6.95. The highest BCUT2D eigenvalue weighted by Crippen LogP contribution is 2.56. The summed E-state index contributed by atoms with van der Waals surface area (Å²) in [6, 6.07) is 8.67. The quantitative estimate of drug-likeness (QED) is 0.844. The van der Waals surface area contributed by atoms with Gasteiger partial charge in [-0.05, 0) is 43.5 Å². The van der Waals surface area contributed by atoms with Gasteiger partial charge in [-0.15, -0.1) is 0 Å². The molecule has 1 atom stereocenters. The lowest BCUT2D eigenvalue weighted by Crippen LogP contribution is -2.38. The van der Waals surface area contributed by atoms with E-state index in [0.717, 1.165) is 0 Å². The maximum atomic E-state index is 11.4. The van der Waals surface area contributed by atoms with E-state index < -0.39 is 23.0 Å². The molecule has 1 N–H and O–H groups in total. The Morgan fingerprint density at radius 3 is 2.64 bits per heavy atom. The Morgan fingerprint density at radius 1 is 1.45 bits per heavy atom. The van der Waals surface area contributed by atoms with E-state index in [0.29, 0.717) is 18.4 Å². The highest BCUT2D eigenvalue weighted by molar-refractivity contribution is 5.88. The normalized spacial score (nSPS) is 18.2. The van der Waals surface area contributed by atoms with Crippen molar-refractivity contribution in [3.63, 3.8) is 0 Å². The third-order valence-electron chi connectivity index (χ3n) is 4.00. The lowest BCUT2D eigenvalue weighted by Gasteiger charge is -2.30. The number of esters is 1. The first-order chi connectivity index (χ1) is 10.3. The summed E-state index contributed by atoms with van der Waals surface area (Å²) in [6.45, 7) is 3.02. The molecule has 1 saturated carbocycles. The van der Waals surface area contributed by atoms with Gasteiger partial charge in [0, 0.05) is 6.92 Å². The molecule has 1 aromatic rings. The Morgan fingerprint density at radius 2 is 2.14 bits per heavy atom. The van der Waals surface area contributed by atoms with E-state index in [2.05, 4.69) is 6.07 Å². The lowest BCUT2D eigenvalue weighted by molar-refractivity contribution is -0.154. The Kier molecular flexibility index (Phi) is 4.05. The Bertz CT molecular complexity index is 682. The zero-order valence-electron chi connectivity index (χ0n) is 12.5. The summed E-state index contributed by atoms with van der Waals surface area (Å²) in [7, 11) is 0. The number of carbonyl (C=O) groups is 2. The van der Waals surface area contributed by atoms with Crippen LogP contribution in [0.4, 0.5) is 0 Å². The topological polar surface area (TPSA) is 87.4 Å². The van der Waals surface area contributed by atoms with Crippen molar-refractivity contribution in [3.05, 3.63) is 41.5 Å². The maximum absolute atomic E-state index is 11.4. The first-order valence-electron chi connectivity index (χ1n) is 6.95. The molecule has 1 aliphatic rings. The van der Waals surface area contributed by atoms with E-state index in [9.17, 15) is 14.9 Å². The minimum Gasteiger partial charge on any atom is -0.478 e. The van der Waals surface area contributed by atoms with Crippen LogP contribution in [0, 0.1) is 16.7 Å². The van der Waals surface area contributed by atoms with Crippen molar-refractivity contribution in [2.75, 3.05) is 0 Å². The smallest absolute Gasteiger partial charge is 0.335 e. The molecule has 1 fully saturated rings. The standard InChI is InChI=1S/C17H17NO4/c1-12(19)22-16(2,17(11-18)8-9-17)7-6-13-4-3-5-14(10-13)15(20)21/h3-7,10H,8-9H2,1-2H3,(H,20,21)/b7-6+/t16-/m0/s1. The van der Waals surface area contributed by atoms with E-state index in [1.807, 2.05) is 0 Å². The molecule has 0 radical (unpaired) electrons. The lowest BCUT2D eigenvalue weighted by atomic mass is 9.85. The van der Waals surface area contributed by atoms with Gasteiger partial charge in [-0.2, -0.15) is 5.26 Å². The molecule has 0 heterocycles. The van der Waals surface area contributed by atoms with Gasteiger partial charge in [0.05, 0.1) is 11.6 Å². The van der Waals surface area contributed by atoms with Gasteiger partial charge in [0.25, 0.3) is 0 Å². The van der Waals surface area contributed by atoms with Crippen molar-refractivity contribution in [3.8, 4) is 6.07 Å². The Labute approximate surface area is 128 Å². The number of hydrogen-bond acceptors (Lipinski definition) is 4. The van der Waals surface area contributed by atoms with Gasteiger partial charge >= 0.3 is 11.9 Å². The molecule has 5 heteroatoms. The largest absolute Gasteiger partial charge is 0.478 e. The van der Waals surface area contributed by atoms with Crippen molar-refractivity contribution >= 4 is 18.0 Å². The summed E-state index contributed by atoms with van der Waals surface area (Å²) in [4.78, 5) is 22.3. The molecule has 0 spiro atoms. The van der Waals surface area contributed by atoms with Gasteiger partial charge in [0.2, 0.25) is 0 Å². The van der Waals surface area contributed by atoms with Crippen LogP contribution in [-0.2, 0) is 9.53 Å². The molecule has 1 aromatic carbocycles. The Hall–Kier alpha value is -2.61. The average Bonchev–Trinajstić information content (AvgIpc) is 3.26. The van der Waals surface area contributed by atoms with E-state index >= 15 is 0 Å². The number of hydrogen-bond donors (Lipinski definition) is 1. The molecule has 0 amide bonds. The number of ether oxygens (including phenoxy) is 1. The third-order valence-corrected chi connectivity index (χ3v) is 4.00. The number of benzene rings is 1. The molecule has 2 rings (SSSR count). The number of aromatic carboxylic acids is 1. The second kappa shape index (κ2) is 5.64. The molecule has 5 nitrogen and oxygen atoms in total. The monoisotopic (exact) mass is 299 g/mol. The van der Waals surface area contributed by atoms with Gasteiger partial charge in [0.1, 0.15) is 11.0 Å². The van der Waals surface area contributed by atoms with Crippen LogP contribution in [0.3, 0.4) is 0 Å². The Balaban J connectivity index is 2.32. The van der Waals surface area contributed by atoms with Crippen LogP contribution in [0.15, 0.2) is 30.3 Å². The van der Waals surface area contributed by atoms with E-state index in [-0.39, 0.29) is 5.56 Å². The van der Waals surface area contributed by atoms with Crippen molar-refractivity contribution in [2.24, 2.45) is 5.41 Å². The van der Waals surface area contributed by atoms with Crippen LogP contribution in [0.2, 0.25) is 0 Å². The van der Waals surface area contributed by atoms with Crippen molar-refractivity contribution in [1.82, 2.24) is 0 Å². The van der Waals surface area contributed by atoms with Crippen molar-refractivity contribution in [1.29, 1.82) is 5.26 Å². The zero-order chi connectivity index (χ0) is 16.4. The SMILES string of the molecule is CC(=O)O[C@@](C)(/C=C/c1cccc(C(=O)O)c1)C1(C#N)CC1. The fraction of sp³-hybridized carbons (Fsp3) is 0.353. The average molecular weight is 299 g/mol. The number of nitrogens with zero attached hydrogens (tertiary/aromatic N) is 1. The van der Waals surface area contributed by atoms with Gasteiger partial charge in [0.15, 0.2) is 0 Å². The molecular formula is C17H17NO4. The van der Waals surface area contributed by atoms with E-state index in [1.54, 1.807) is 31.2 Å². The molecule has 0 aromatic heterocycles. The molecule has 1 aliphatic carbocycles. The van der Waals surface area contributed by atoms with E-state index in [1.165, 1.54) is 19.1 Å². The minimum absolute atomic E-state index is 0.178. The summed E-state index contributed by atoms with van der Waals surface area (Å²) in [6.07, 6.45) is 4.71. The number of carboxylic acid groups (broad SMARTS) is 1. The molecule has 0 unspecified atom stereocenters. The van der Waals surface area contributed by atoms with Gasteiger partial charge < -0.3 is 9.84 Å². The summed E-state index contributed by atoms with van der Waals surface area (Å²) in [5.74, 6) is -1.46. The molecule has 0 saturated heterocycles. The number of carbonyl (C=O) groups excluding carboxylic acids is 1. The second-order valence-electron chi connectivity index (χ2n) is 5.66. The van der Waals surface area contributed by atoms with Crippen LogP contribution in [0.25, 0.3) is 6.08 Å². The second-order valence-corrected chi connectivity index (χ2v) is 5.66. The first kappa shape index (κ1) is 15.8. The predicted octanol–water partition coefficient (Wildman–Crippen LogP) is 3.02. The van der Waals surface area contributed by atoms with Crippen LogP contribution in [0.1, 0.15) is 42.6 Å². The van der Waals surface area contributed by atoms with Crippen molar-refractivity contribution < 1.29 is 19.4 Å². The fourth-order valence-corrected chi connectivity index (χ4v) is 2.46. The summed E-state index contributed by atoms with van der Waals surface area (Å²) >= 11 is 0. The maximum Gasteiger partial charge on any atom is 0.335 e. The number of nitriles is 1. The molecule has 0 bridgehead atoms. The highest BCUT2D eigenvalue weighted by atomic mass is 16.6. The van der Waals surface area contributed by atoms with Crippen molar-refractivity contribution in [2.45, 2.75) is 32.3 Å². The third kappa shape index (κ3) is 3.01. The fourth-order valence-electron chi connectivity index (χ4n) is 2.46. The molecule has 114 valence electrons. The van der Waals surface area contributed by atoms with Gasteiger partial charge in [-0.3, -0.25) is 4.79 Å². The number of rotatable bonds is 5. The minimum atomic E-state index is -1.02. The van der Waals surface area contributed by atoms with Crippen LogP contribution >= 0.6 is 0 Å². The zero-order valence-corrected chi connectivity index (χ0v) is 12.5. The predicted molar refractivity (Wildman–Crippen MR) is 79.9 cm³/mol. The van der Waals surface area contributed by atoms with Crippen LogP contribution in [-0.4, -0.2) is 22.6 Å². The summed E-state index contributed by atoms with van der Waals surface area (Å²) in [5, 5.41) is 18.4. The summed E-state index contributed by atoms with van der Waals surface area (Å²) in [5.41, 5.74) is -0.864. The molecular weight excluding hydrogens is 282 g/mol. The number of carboxylic acids is 1. The molecule has 0 aliphatic heterocycles. The van der Waals surface area contributed by atoms with Crippen LogP contribution in [0.5, 0.6) is 0 Å². The van der Waals surface area contributed by atoms with Gasteiger partial charge in [-0.25, -0.2) is 4.79 Å². The highest BCUT2D eigenvalue weighted by Gasteiger charge is 2.59. The van der Waals surface area contributed by atoms with E-state index in [4.69, 9.17) is 9.84 Å². The van der Waals surface area contributed by atoms with Crippen LogP contribution < -0.4 is 0 Å². The molecule has 22 heavy (non-hydrogen) atoms.